The van der Waals surface area contributed by atoms with Crippen LogP contribution in [-0.2, 0) is 24.0 Å². The number of ketones is 4. The van der Waals surface area contributed by atoms with Crippen LogP contribution in [-0.4, -0.2) is 34.2 Å². The number of carbonyl (C=O) groups is 5. The lowest BCUT2D eigenvalue weighted by atomic mass is 9.43. The highest BCUT2D eigenvalue weighted by Gasteiger charge is 2.70. The Morgan fingerprint density at radius 3 is 2.21 bits per heavy atom. The maximum absolute atomic E-state index is 13.9. The first-order valence-corrected chi connectivity index (χ1v) is 12.2. The van der Waals surface area contributed by atoms with E-state index in [2.05, 4.69) is 0 Å². The van der Waals surface area contributed by atoms with Crippen molar-refractivity contribution in [3.63, 3.8) is 0 Å². The summed E-state index contributed by atoms with van der Waals surface area (Å²) in [5.74, 6) is -1.46. The number of carboxylic acid groups (broad SMARTS) is 1. The zero-order chi connectivity index (χ0) is 24.7. The second-order valence-electron chi connectivity index (χ2n) is 12.3. The van der Waals surface area contributed by atoms with Gasteiger partial charge < -0.3 is 5.11 Å². The summed E-state index contributed by atoms with van der Waals surface area (Å²) in [5.41, 5.74) is -2.17. The minimum atomic E-state index is -1.06. The molecule has 0 aliphatic heterocycles. The Hall–Kier alpha value is -2.11. The van der Waals surface area contributed by atoms with Gasteiger partial charge in [-0.05, 0) is 42.9 Å². The van der Waals surface area contributed by atoms with Crippen molar-refractivity contribution in [3.05, 3.63) is 11.1 Å². The number of allylic oxidation sites excluding steroid dienone is 2. The molecule has 2 fully saturated rings. The fourth-order valence-electron chi connectivity index (χ4n) is 8.19. The maximum Gasteiger partial charge on any atom is 0.303 e. The van der Waals surface area contributed by atoms with Crippen LogP contribution >= 0.6 is 0 Å². The molecule has 0 aromatic rings. The summed E-state index contributed by atoms with van der Waals surface area (Å²) in [6.45, 7) is 11.6. The van der Waals surface area contributed by atoms with Crippen molar-refractivity contribution in [2.45, 2.75) is 86.5 Å². The monoisotopic (exact) mass is 456 g/mol. The fourth-order valence-corrected chi connectivity index (χ4v) is 8.19. The van der Waals surface area contributed by atoms with E-state index in [9.17, 15) is 24.0 Å². The Morgan fingerprint density at radius 1 is 0.970 bits per heavy atom. The number of rotatable bonds is 4. The van der Waals surface area contributed by atoms with Gasteiger partial charge in [-0.2, -0.15) is 0 Å². The standard InChI is InChI=1S/C27H36O6/c1-14(7-8-21(32)33)15-11-20(31)27(6)23-16(28)12-18-24(2,3)19(30)9-10-25(18,4)22(23)17(29)13-26(15,27)5/h14-15,18H,7-13H2,1-6H3,(H,32,33)/t14-,15-,18?,25?,26?,27+/m1/s1. The zero-order valence-corrected chi connectivity index (χ0v) is 20.7. The Kier molecular flexibility index (Phi) is 5.24. The molecule has 0 aromatic heterocycles. The Labute approximate surface area is 195 Å². The smallest absolute Gasteiger partial charge is 0.303 e. The molecule has 6 nitrogen and oxygen atoms in total. The Balaban J connectivity index is 1.86. The van der Waals surface area contributed by atoms with E-state index in [0.29, 0.717) is 30.4 Å². The molecule has 4 rings (SSSR count). The van der Waals surface area contributed by atoms with Crippen LogP contribution in [0, 0.1) is 39.4 Å². The second-order valence-corrected chi connectivity index (χ2v) is 12.3. The molecule has 0 radical (unpaired) electrons. The molecule has 4 aliphatic carbocycles. The van der Waals surface area contributed by atoms with Gasteiger partial charge in [-0.1, -0.05) is 34.6 Å². The lowest BCUT2D eigenvalue weighted by molar-refractivity contribution is -0.147. The summed E-state index contributed by atoms with van der Waals surface area (Å²) < 4.78 is 0. The van der Waals surface area contributed by atoms with Crippen LogP contribution in [0.4, 0.5) is 0 Å². The highest BCUT2D eigenvalue weighted by atomic mass is 16.4. The number of hydrogen-bond donors (Lipinski definition) is 1. The average molecular weight is 457 g/mol. The first kappa shape index (κ1) is 24.0. The first-order chi connectivity index (χ1) is 15.1. The van der Waals surface area contributed by atoms with E-state index >= 15 is 0 Å². The quantitative estimate of drug-likeness (QED) is 0.674. The third-order valence-electron chi connectivity index (χ3n) is 10.5. The normalized spacial score (nSPS) is 40.9. The van der Waals surface area contributed by atoms with Gasteiger partial charge in [0.25, 0.3) is 0 Å². The van der Waals surface area contributed by atoms with Crippen LogP contribution in [0.25, 0.3) is 0 Å². The van der Waals surface area contributed by atoms with Crippen molar-refractivity contribution in [3.8, 4) is 0 Å². The third-order valence-corrected chi connectivity index (χ3v) is 10.5. The molecule has 1 N–H and O–H groups in total. The predicted octanol–water partition coefficient (Wildman–Crippen LogP) is 4.34. The topological polar surface area (TPSA) is 106 Å². The van der Waals surface area contributed by atoms with Gasteiger partial charge >= 0.3 is 5.97 Å². The summed E-state index contributed by atoms with van der Waals surface area (Å²) in [4.78, 5) is 65.1. The van der Waals surface area contributed by atoms with Gasteiger partial charge in [0.1, 0.15) is 11.6 Å². The van der Waals surface area contributed by atoms with Crippen LogP contribution in [0.15, 0.2) is 11.1 Å². The summed E-state index contributed by atoms with van der Waals surface area (Å²) in [6, 6.07) is 0. The van der Waals surface area contributed by atoms with Crippen LogP contribution in [0.3, 0.4) is 0 Å². The van der Waals surface area contributed by atoms with Gasteiger partial charge in [-0.15, -0.1) is 0 Å². The molecule has 3 unspecified atom stereocenters. The van der Waals surface area contributed by atoms with Crippen molar-refractivity contribution < 1.29 is 29.1 Å². The highest BCUT2D eigenvalue weighted by molar-refractivity contribution is 6.16. The predicted molar refractivity (Wildman–Crippen MR) is 121 cm³/mol. The molecular formula is C27H36O6. The molecule has 6 atom stereocenters. The number of aliphatic carboxylic acids is 1. The minimum Gasteiger partial charge on any atom is -0.481 e. The molecule has 2 saturated carbocycles. The largest absolute Gasteiger partial charge is 0.481 e. The van der Waals surface area contributed by atoms with E-state index < -0.39 is 27.6 Å². The van der Waals surface area contributed by atoms with Crippen LogP contribution in [0.5, 0.6) is 0 Å². The molecule has 4 aliphatic rings. The Bertz CT molecular complexity index is 1020. The van der Waals surface area contributed by atoms with E-state index in [1.54, 1.807) is 0 Å². The lowest BCUT2D eigenvalue weighted by Crippen LogP contribution is -2.59. The molecule has 0 bridgehead atoms. The van der Waals surface area contributed by atoms with Gasteiger partial charge in [-0.25, -0.2) is 0 Å². The molecule has 0 spiro atoms. The fraction of sp³-hybridized carbons (Fsp3) is 0.741. The molecule has 0 aromatic carbocycles. The molecule has 0 amide bonds. The number of fused-ring (bicyclic) bond motifs is 4. The number of Topliss-reactive ketones (excluding diaryl/α,β-unsaturated/α-hetero) is 4. The SMILES string of the molecule is C[C@H](CCC(=O)O)[C@H]1CC(=O)[C@@]2(C)C3=C(C(=O)CC12C)C1(C)CCC(=O)C(C)(C)C1CC3=O. The number of hydrogen-bond acceptors (Lipinski definition) is 5. The van der Waals surface area contributed by atoms with E-state index in [0.717, 1.165) is 0 Å². The number of carbonyl (C=O) groups excluding carboxylic acids is 4. The second kappa shape index (κ2) is 7.19. The Morgan fingerprint density at radius 2 is 1.61 bits per heavy atom. The van der Waals surface area contributed by atoms with Gasteiger partial charge in [0, 0.05) is 54.1 Å². The van der Waals surface area contributed by atoms with Crippen LogP contribution < -0.4 is 0 Å². The molecule has 180 valence electrons. The van der Waals surface area contributed by atoms with Crippen molar-refractivity contribution in [2.75, 3.05) is 0 Å². The van der Waals surface area contributed by atoms with Crippen molar-refractivity contribution in [1.29, 1.82) is 0 Å². The van der Waals surface area contributed by atoms with Gasteiger partial charge in [-0.3, -0.25) is 24.0 Å². The molecule has 0 saturated heterocycles. The average Bonchev–Trinajstić information content (AvgIpc) is 2.92. The van der Waals surface area contributed by atoms with E-state index in [1.807, 2.05) is 41.5 Å². The summed E-state index contributed by atoms with van der Waals surface area (Å²) in [6.07, 6.45) is 1.96. The van der Waals surface area contributed by atoms with Crippen molar-refractivity contribution in [1.82, 2.24) is 0 Å². The molecule has 0 heterocycles. The summed E-state index contributed by atoms with van der Waals surface area (Å²) in [7, 11) is 0. The molecule has 33 heavy (non-hydrogen) atoms. The molecule has 6 heteroatoms. The first-order valence-electron chi connectivity index (χ1n) is 12.2. The van der Waals surface area contributed by atoms with Crippen LogP contribution in [0.2, 0.25) is 0 Å². The summed E-state index contributed by atoms with van der Waals surface area (Å²) in [5, 5.41) is 9.14. The number of carboxylic acids is 1. The van der Waals surface area contributed by atoms with E-state index in [4.69, 9.17) is 5.11 Å². The van der Waals surface area contributed by atoms with Crippen LogP contribution in [0.1, 0.15) is 86.5 Å². The van der Waals surface area contributed by atoms with E-state index in [1.165, 1.54) is 0 Å². The summed E-state index contributed by atoms with van der Waals surface area (Å²) >= 11 is 0. The maximum atomic E-state index is 13.9. The zero-order valence-electron chi connectivity index (χ0n) is 20.7. The van der Waals surface area contributed by atoms with Gasteiger partial charge in [0.2, 0.25) is 0 Å². The van der Waals surface area contributed by atoms with Gasteiger partial charge in [0.05, 0.1) is 5.41 Å². The van der Waals surface area contributed by atoms with Crippen molar-refractivity contribution >= 4 is 29.1 Å². The van der Waals surface area contributed by atoms with Gasteiger partial charge in [0.15, 0.2) is 11.6 Å². The van der Waals surface area contributed by atoms with Crippen molar-refractivity contribution in [2.24, 2.45) is 39.4 Å². The highest BCUT2D eigenvalue weighted by Crippen LogP contribution is 2.69. The molecular weight excluding hydrogens is 420 g/mol. The van der Waals surface area contributed by atoms with E-state index in [-0.39, 0.29) is 66.6 Å². The minimum absolute atomic E-state index is 0.0151. The third kappa shape index (κ3) is 2.94. The lowest BCUT2D eigenvalue weighted by Gasteiger charge is -2.58.